The van der Waals surface area contributed by atoms with Gasteiger partial charge in [0.15, 0.2) is 5.92 Å². The Morgan fingerprint density at radius 2 is 1.21 bits per heavy atom. The van der Waals surface area contributed by atoms with E-state index in [-0.39, 0.29) is 0 Å². The van der Waals surface area contributed by atoms with Gasteiger partial charge < -0.3 is 9.47 Å². The van der Waals surface area contributed by atoms with E-state index in [1.54, 1.807) is 0 Å². The first kappa shape index (κ1) is 17.9. The second-order valence-electron chi connectivity index (χ2n) is 4.74. The lowest BCUT2D eigenvalue weighted by molar-refractivity contribution is -0.162. The monoisotopic (exact) mass is 272 g/mol. The summed E-state index contributed by atoms with van der Waals surface area (Å²) in [6.45, 7) is 6.87. The largest absolute Gasteiger partial charge is 0.465 e. The fourth-order valence-corrected chi connectivity index (χ4v) is 1.58. The van der Waals surface area contributed by atoms with E-state index in [0.717, 1.165) is 38.5 Å². The van der Waals surface area contributed by atoms with Gasteiger partial charge in [0.05, 0.1) is 13.2 Å². The first-order valence-electron chi connectivity index (χ1n) is 7.50. The molecule has 0 spiro atoms. The number of carbonyl (C=O) groups is 2. The Hall–Kier alpha value is -1.06. The van der Waals surface area contributed by atoms with Gasteiger partial charge in [-0.3, -0.25) is 9.59 Å². The van der Waals surface area contributed by atoms with Crippen molar-refractivity contribution in [1.29, 1.82) is 0 Å². The number of esters is 2. The van der Waals surface area contributed by atoms with Gasteiger partial charge in [0, 0.05) is 0 Å². The van der Waals surface area contributed by atoms with Gasteiger partial charge in [-0.05, 0) is 19.3 Å². The Morgan fingerprint density at radius 1 is 0.789 bits per heavy atom. The molecule has 112 valence electrons. The Bertz CT molecular complexity index is 229. The first-order valence-corrected chi connectivity index (χ1v) is 7.50. The SMILES string of the molecule is CCCCOC(=O)C(CCCC)C(=O)OCCCC. The highest BCUT2D eigenvalue weighted by atomic mass is 16.6. The van der Waals surface area contributed by atoms with Gasteiger partial charge in [-0.2, -0.15) is 0 Å². The normalized spacial score (nSPS) is 10.5. The molecule has 4 heteroatoms. The van der Waals surface area contributed by atoms with Crippen LogP contribution in [0.1, 0.15) is 65.7 Å². The van der Waals surface area contributed by atoms with Crippen LogP contribution in [0.15, 0.2) is 0 Å². The minimum Gasteiger partial charge on any atom is -0.465 e. The maximum Gasteiger partial charge on any atom is 0.320 e. The molecule has 0 bridgehead atoms. The molecule has 0 aliphatic rings. The molecule has 0 amide bonds. The Labute approximate surface area is 116 Å². The van der Waals surface area contributed by atoms with Gasteiger partial charge in [-0.25, -0.2) is 0 Å². The topological polar surface area (TPSA) is 52.6 Å². The molecule has 0 aromatic heterocycles. The maximum atomic E-state index is 11.9. The first-order chi connectivity index (χ1) is 9.17. The zero-order valence-electron chi connectivity index (χ0n) is 12.6. The Balaban J connectivity index is 4.25. The summed E-state index contributed by atoms with van der Waals surface area (Å²) < 4.78 is 10.3. The number of hydrogen-bond acceptors (Lipinski definition) is 4. The molecule has 0 fully saturated rings. The molecule has 0 heterocycles. The molecule has 0 aliphatic carbocycles. The summed E-state index contributed by atoms with van der Waals surface area (Å²) >= 11 is 0. The van der Waals surface area contributed by atoms with Crippen LogP contribution in [0.3, 0.4) is 0 Å². The fourth-order valence-electron chi connectivity index (χ4n) is 1.58. The van der Waals surface area contributed by atoms with Crippen LogP contribution < -0.4 is 0 Å². The van der Waals surface area contributed by atoms with E-state index in [0.29, 0.717) is 19.6 Å². The maximum absolute atomic E-state index is 11.9. The minimum atomic E-state index is -0.742. The molecule has 0 saturated carbocycles. The molecule has 19 heavy (non-hydrogen) atoms. The second-order valence-corrected chi connectivity index (χ2v) is 4.74. The molecule has 0 unspecified atom stereocenters. The lowest BCUT2D eigenvalue weighted by atomic mass is 10.0. The fraction of sp³-hybridized carbons (Fsp3) is 0.867. The standard InChI is InChI=1S/C15H28O4/c1-4-7-10-13(14(16)18-11-8-5-2)15(17)19-12-9-6-3/h13H,4-12H2,1-3H3. The van der Waals surface area contributed by atoms with Crippen LogP contribution in [-0.2, 0) is 19.1 Å². The number of unbranched alkanes of at least 4 members (excludes halogenated alkanes) is 3. The molecule has 0 aromatic rings. The molecule has 0 N–H and O–H groups in total. The molecule has 0 rings (SSSR count). The Kier molecular flexibility index (Phi) is 11.3. The summed E-state index contributed by atoms with van der Waals surface area (Å²) in [4.78, 5) is 23.8. The van der Waals surface area contributed by atoms with Gasteiger partial charge in [0.25, 0.3) is 0 Å². The molecular formula is C15H28O4. The minimum absolute atomic E-state index is 0.389. The average Bonchev–Trinajstić information content (AvgIpc) is 2.40. The van der Waals surface area contributed by atoms with Crippen LogP contribution in [0, 0.1) is 5.92 Å². The van der Waals surface area contributed by atoms with Crippen molar-refractivity contribution < 1.29 is 19.1 Å². The van der Waals surface area contributed by atoms with Crippen molar-refractivity contribution >= 4 is 11.9 Å². The van der Waals surface area contributed by atoms with E-state index < -0.39 is 17.9 Å². The van der Waals surface area contributed by atoms with Gasteiger partial charge in [-0.1, -0.05) is 46.5 Å². The van der Waals surface area contributed by atoms with Crippen LogP contribution in [0.2, 0.25) is 0 Å². The highest BCUT2D eigenvalue weighted by Crippen LogP contribution is 2.13. The van der Waals surface area contributed by atoms with Crippen LogP contribution in [-0.4, -0.2) is 25.2 Å². The summed E-state index contributed by atoms with van der Waals surface area (Å²) in [6, 6.07) is 0. The summed E-state index contributed by atoms with van der Waals surface area (Å²) in [7, 11) is 0. The second kappa shape index (κ2) is 12.0. The number of carbonyl (C=O) groups excluding carboxylic acids is 2. The van der Waals surface area contributed by atoms with Gasteiger partial charge in [-0.15, -0.1) is 0 Å². The van der Waals surface area contributed by atoms with Crippen molar-refractivity contribution in [3.63, 3.8) is 0 Å². The highest BCUT2D eigenvalue weighted by molar-refractivity contribution is 5.94. The average molecular weight is 272 g/mol. The lowest BCUT2D eigenvalue weighted by Gasteiger charge is -2.14. The van der Waals surface area contributed by atoms with E-state index in [1.165, 1.54) is 0 Å². The van der Waals surface area contributed by atoms with Crippen LogP contribution in [0.25, 0.3) is 0 Å². The van der Waals surface area contributed by atoms with E-state index in [1.807, 2.05) is 20.8 Å². The number of rotatable bonds is 11. The smallest absolute Gasteiger partial charge is 0.320 e. The molecule has 0 radical (unpaired) electrons. The third-order valence-corrected chi connectivity index (χ3v) is 2.90. The molecule has 0 saturated heterocycles. The van der Waals surface area contributed by atoms with E-state index in [4.69, 9.17) is 9.47 Å². The number of hydrogen-bond donors (Lipinski definition) is 0. The molecule has 0 aromatic carbocycles. The number of ether oxygens (including phenoxy) is 2. The van der Waals surface area contributed by atoms with Gasteiger partial charge in [0.2, 0.25) is 0 Å². The van der Waals surface area contributed by atoms with E-state index >= 15 is 0 Å². The van der Waals surface area contributed by atoms with E-state index in [2.05, 4.69) is 0 Å². The highest BCUT2D eigenvalue weighted by Gasteiger charge is 2.28. The predicted octanol–water partition coefficient (Wildman–Crippen LogP) is 3.48. The van der Waals surface area contributed by atoms with Gasteiger partial charge in [0.1, 0.15) is 0 Å². The molecular weight excluding hydrogens is 244 g/mol. The zero-order chi connectivity index (χ0) is 14.5. The third kappa shape index (κ3) is 8.62. The van der Waals surface area contributed by atoms with Crippen molar-refractivity contribution in [1.82, 2.24) is 0 Å². The van der Waals surface area contributed by atoms with Crippen molar-refractivity contribution in [2.45, 2.75) is 65.7 Å². The lowest BCUT2D eigenvalue weighted by Crippen LogP contribution is -2.28. The van der Waals surface area contributed by atoms with Crippen LogP contribution >= 0.6 is 0 Å². The quantitative estimate of drug-likeness (QED) is 0.328. The van der Waals surface area contributed by atoms with Gasteiger partial charge >= 0.3 is 11.9 Å². The molecule has 0 atom stereocenters. The third-order valence-electron chi connectivity index (χ3n) is 2.90. The van der Waals surface area contributed by atoms with Crippen molar-refractivity contribution in [2.75, 3.05) is 13.2 Å². The van der Waals surface area contributed by atoms with Crippen LogP contribution in [0.4, 0.5) is 0 Å². The van der Waals surface area contributed by atoms with Crippen molar-refractivity contribution in [3.8, 4) is 0 Å². The molecule has 4 nitrogen and oxygen atoms in total. The van der Waals surface area contributed by atoms with Crippen molar-refractivity contribution in [2.24, 2.45) is 5.92 Å². The zero-order valence-corrected chi connectivity index (χ0v) is 12.6. The van der Waals surface area contributed by atoms with Crippen molar-refractivity contribution in [3.05, 3.63) is 0 Å². The van der Waals surface area contributed by atoms with Crippen LogP contribution in [0.5, 0.6) is 0 Å². The summed E-state index contributed by atoms with van der Waals surface area (Å²) in [5.41, 5.74) is 0. The summed E-state index contributed by atoms with van der Waals surface area (Å²) in [6.07, 6.45) is 5.89. The molecule has 0 aliphatic heterocycles. The van der Waals surface area contributed by atoms with E-state index in [9.17, 15) is 9.59 Å². The summed E-state index contributed by atoms with van der Waals surface area (Å²) in [5, 5.41) is 0. The summed E-state index contributed by atoms with van der Waals surface area (Å²) in [5.74, 6) is -1.60. The predicted molar refractivity (Wildman–Crippen MR) is 74.7 cm³/mol. The Morgan fingerprint density at radius 3 is 1.58 bits per heavy atom.